The van der Waals surface area contributed by atoms with Gasteiger partial charge in [0.2, 0.25) is 0 Å². The predicted octanol–water partition coefficient (Wildman–Crippen LogP) is 1.16. The summed E-state index contributed by atoms with van der Waals surface area (Å²) in [6.07, 6.45) is 4.22. The molecule has 0 amide bonds. The Balaban J connectivity index is 2.11. The van der Waals surface area contributed by atoms with Gasteiger partial charge in [-0.25, -0.2) is 0 Å². The highest BCUT2D eigenvalue weighted by molar-refractivity contribution is 5.95. The van der Waals surface area contributed by atoms with Crippen molar-refractivity contribution in [2.45, 2.75) is 32.4 Å². The van der Waals surface area contributed by atoms with Crippen molar-refractivity contribution in [1.82, 2.24) is 9.88 Å². The zero-order valence-corrected chi connectivity index (χ0v) is 10.0. The normalized spacial score (nSPS) is 21.9. The van der Waals surface area contributed by atoms with Crippen LogP contribution in [-0.4, -0.2) is 33.5 Å². The fraction of sp³-hybridized carbons (Fsp3) is 0.500. The highest BCUT2D eigenvalue weighted by Crippen LogP contribution is 2.19. The molecule has 5 heteroatoms. The molecule has 1 unspecified atom stereocenters. The molecule has 1 aromatic rings. The van der Waals surface area contributed by atoms with Gasteiger partial charge in [0.1, 0.15) is 5.69 Å². The minimum absolute atomic E-state index is 0.0568. The maximum atomic E-state index is 8.62. The molecule has 92 valence electrons. The molecule has 1 aromatic heterocycles. The smallest absolute Gasteiger partial charge is 0.188 e. The molecule has 1 fully saturated rings. The fourth-order valence-electron chi connectivity index (χ4n) is 2.23. The van der Waals surface area contributed by atoms with E-state index in [0.29, 0.717) is 11.7 Å². The summed E-state index contributed by atoms with van der Waals surface area (Å²) in [5.74, 6) is 0.0568. The van der Waals surface area contributed by atoms with Crippen LogP contribution < -0.4 is 5.73 Å². The van der Waals surface area contributed by atoms with Crippen molar-refractivity contribution in [3.8, 4) is 0 Å². The Kier molecular flexibility index (Phi) is 3.58. The Bertz CT molecular complexity index is 419. The van der Waals surface area contributed by atoms with Crippen molar-refractivity contribution in [2.24, 2.45) is 10.9 Å². The molecule has 0 saturated carbocycles. The van der Waals surface area contributed by atoms with Gasteiger partial charge in [0, 0.05) is 18.8 Å². The lowest BCUT2D eigenvalue weighted by atomic mass is 10.2. The van der Waals surface area contributed by atoms with Gasteiger partial charge >= 0.3 is 0 Å². The third-order valence-corrected chi connectivity index (χ3v) is 3.27. The molecule has 17 heavy (non-hydrogen) atoms. The van der Waals surface area contributed by atoms with Gasteiger partial charge < -0.3 is 10.9 Å². The van der Waals surface area contributed by atoms with Crippen LogP contribution in [0.4, 0.5) is 0 Å². The SMILES string of the molecule is CC1CCCN1Cc1ccnc(C(N)=NO)c1. The van der Waals surface area contributed by atoms with Gasteiger partial charge in [0.05, 0.1) is 0 Å². The number of pyridine rings is 1. The monoisotopic (exact) mass is 234 g/mol. The second-order valence-corrected chi connectivity index (χ2v) is 4.50. The minimum Gasteiger partial charge on any atom is -0.409 e. The fourth-order valence-corrected chi connectivity index (χ4v) is 2.23. The van der Waals surface area contributed by atoms with Crippen LogP contribution in [0.2, 0.25) is 0 Å². The zero-order valence-electron chi connectivity index (χ0n) is 10.0. The highest BCUT2D eigenvalue weighted by Gasteiger charge is 2.20. The summed E-state index contributed by atoms with van der Waals surface area (Å²) in [6.45, 7) is 4.29. The van der Waals surface area contributed by atoms with Crippen molar-refractivity contribution in [3.05, 3.63) is 29.6 Å². The van der Waals surface area contributed by atoms with Gasteiger partial charge in [0.25, 0.3) is 0 Å². The van der Waals surface area contributed by atoms with Crippen molar-refractivity contribution in [3.63, 3.8) is 0 Å². The van der Waals surface area contributed by atoms with Crippen LogP contribution >= 0.6 is 0 Å². The summed E-state index contributed by atoms with van der Waals surface area (Å²) in [5, 5.41) is 11.6. The van der Waals surface area contributed by atoms with E-state index in [9.17, 15) is 0 Å². The van der Waals surface area contributed by atoms with Crippen molar-refractivity contribution in [2.75, 3.05) is 6.54 Å². The van der Waals surface area contributed by atoms with E-state index < -0.39 is 0 Å². The largest absolute Gasteiger partial charge is 0.409 e. The van der Waals surface area contributed by atoms with Crippen LogP contribution in [0.3, 0.4) is 0 Å². The van der Waals surface area contributed by atoms with Crippen LogP contribution in [0.5, 0.6) is 0 Å². The number of oxime groups is 1. The van der Waals surface area contributed by atoms with Crippen LogP contribution in [0.25, 0.3) is 0 Å². The molecule has 2 heterocycles. The zero-order chi connectivity index (χ0) is 12.3. The molecule has 1 saturated heterocycles. The molecular formula is C12H18N4O. The number of hydrogen-bond acceptors (Lipinski definition) is 4. The van der Waals surface area contributed by atoms with Crippen LogP contribution in [0.15, 0.2) is 23.5 Å². The average molecular weight is 234 g/mol. The summed E-state index contributed by atoms with van der Waals surface area (Å²) < 4.78 is 0. The second kappa shape index (κ2) is 5.14. The molecule has 1 aliphatic rings. The number of likely N-dealkylation sites (tertiary alicyclic amines) is 1. The Hall–Kier alpha value is -1.62. The standard InChI is InChI=1S/C12H18N4O/c1-9-3-2-6-16(9)8-10-4-5-14-11(7-10)12(13)15-17/h4-5,7,9,17H,2-3,6,8H2,1H3,(H2,13,15). The van der Waals surface area contributed by atoms with Gasteiger partial charge in [-0.1, -0.05) is 5.16 Å². The quantitative estimate of drug-likeness (QED) is 0.356. The van der Waals surface area contributed by atoms with Gasteiger partial charge in [-0.2, -0.15) is 0 Å². The van der Waals surface area contributed by atoms with Crippen molar-refractivity contribution < 1.29 is 5.21 Å². The molecule has 0 radical (unpaired) electrons. The highest BCUT2D eigenvalue weighted by atomic mass is 16.4. The number of amidine groups is 1. The maximum Gasteiger partial charge on any atom is 0.188 e. The molecule has 0 aromatic carbocycles. The maximum absolute atomic E-state index is 8.62. The topological polar surface area (TPSA) is 74.7 Å². The Labute approximate surface area is 101 Å². The van der Waals surface area contributed by atoms with E-state index in [1.54, 1.807) is 6.20 Å². The van der Waals surface area contributed by atoms with E-state index in [2.05, 4.69) is 22.0 Å². The van der Waals surface area contributed by atoms with E-state index in [-0.39, 0.29) is 5.84 Å². The Morgan fingerprint density at radius 2 is 2.53 bits per heavy atom. The summed E-state index contributed by atoms with van der Waals surface area (Å²) in [6, 6.07) is 4.48. The number of hydrogen-bond donors (Lipinski definition) is 2. The van der Waals surface area contributed by atoms with E-state index in [1.807, 2.05) is 12.1 Å². The molecule has 0 aliphatic carbocycles. The first-order chi connectivity index (χ1) is 8.20. The van der Waals surface area contributed by atoms with Gasteiger partial charge in [-0.05, 0) is 44.0 Å². The van der Waals surface area contributed by atoms with Crippen molar-refractivity contribution in [1.29, 1.82) is 0 Å². The predicted molar refractivity (Wildman–Crippen MR) is 65.9 cm³/mol. The first kappa shape index (κ1) is 11.9. The third kappa shape index (κ3) is 2.74. The molecule has 3 N–H and O–H groups in total. The molecule has 1 aliphatic heterocycles. The lowest BCUT2D eigenvalue weighted by molar-refractivity contribution is 0.260. The Morgan fingerprint density at radius 1 is 1.71 bits per heavy atom. The number of nitrogens with zero attached hydrogens (tertiary/aromatic N) is 3. The Morgan fingerprint density at radius 3 is 3.18 bits per heavy atom. The molecule has 2 rings (SSSR count). The molecule has 5 nitrogen and oxygen atoms in total. The first-order valence-corrected chi connectivity index (χ1v) is 5.87. The van der Waals surface area contributed by atoms with E-state index in [0.717, 1.165) is 18.7 Å². The van der Waals surface area contributed by atoms with Gasteiger partial charge in [-0.15, -0.1) is 0 Å². The van der Waals surface area contributed by atoms with E-state index in [1.165, 1.54) is 12.8 Å². The molecule has 0 spiro atoms. The van der Waals surface area contributed by atoms with Crippen LogP contribution in [-0.2, 0) is 6.54 Å². The summed E-state index contributed by atoms with van der Waals surface area (Å²) in [4.78, 5) is 6.51. The number of nitrogens with two attached hydrogens (primary N) is 1. The molecule has 1 atom stereocenters. The second-order valence-electron chi connectivity index (χ2n) is 4.50. The lowest BCUT2D eigenvalue weighted by Crippen LogP contribution is -2.26. The first-order valence-electron chi connectivity index (χ1n) is 5.87. The van der Waals surface area contributed by atoms with Crippen molar-refractivity contribution >= 4 is 5.84 Å². The van der Waals surface area contributed by atoms with Gasteiger partial charge in [0.15, 0.2) is 5.84 Å². The summed E-state index contributed by atoms with van der Waals surface area (Å²) in [7, 11) is 0. The van der Waals surface area contributed by atoms with Gasteiger partial charge in [-0.3, -0.25) is 9.88 Å². The van der Waals surface area contributed by atoms with Crippen LogP contribution in [0, 0.1) is 0 Å². The van der Waals surface area contributed by atoms with E-state index in [4.69, 9.17) is 10.9 Å². The number of rotatable bonds is 3. The summed E-state index contributed by atoms with van der Waals surface area (Å²) >= 11 is 0. The third-order valence-electron chi connectivity index (χ3n) is 3.27. The lowest BCUT2D eigenvalue weighted by Gasteiger charge is -2.20. The summed E-state index contributed by atoms with van der Waals surface area (Å²) in [5.41, 5.74) is 7.20. The van der Waals surface area contributed by atoms with E-state index >= 15 is 0 Å². The molecule has 0 bridgehead atoms. The number of aromatic nitrogens is 1. The molecular weight excluding hydrogens is 216 g/mol. The average Bonchev–Trinajstić information content (AvgIpc) is 2.74. The van der Waals surface area contributed by atoms with Crippen LogP contribution in [0.1, 0.15) is 31.0 Å². The minimum atomic E-state index is 0.0568.